The summed E-state index contributed by atoms with van der Waals surface area (Å²) in [4.78, 5) is 32.4. The molecule has 0 aliphatic carbocycles. The number of aromatic nitrogens is 2. The van der Waals surface area contributed by atoms with Crippen molar-refractivity contribution in [3.8, 4) is 0 Å². The van der Waals surface area contributed by atoms with E-state index < -0.39 is 0 Å². The van der Waals surface area contributed by atoms with Crippen LogP contribution in [0.1, 0.15) is 48.8 Å². The second kappa shape index (κ2) is 8.92. The van der Waals surface area contributed by atoms with Crippen LogP contribution in [0, 0.1) is 5.92 Å². The topological polar surface area (TPSA) is 84.0 Å². The van der Waals surface area contributed by atoms with Crippen molar-refractivity contribution in [1.29, 1.82) is 0 Å². The van der Waals surface area contributed by atoms with Crippen LogP contribution in [0.5, 0.6) is 0 Å². The van der Waals surface area contributed by atoms with E-state index in [4.69, 9.17) is 0 Å². The maximum absolute atomic E-state index is 12.3. The van der Waals surface area contributed by atoms with E-state index >= 15 is 0 Å². The van der Waals surface area contributed by atoms with Gasteiger partial charge in [-0.15, -0.1) is 0 Å². The first-order valence-electron chi connectivity index (χ1n) is 8.52. The zero-order valence-corrected chi connectivity index (χ0v) is 14.9. The van der Waals surface area contributed by atoms with Crippen molar-refractivity contribution in [3.05, 3.63) is 53.6 Å². The lowest BCUT2D eigenvalue weighted by Gasteiger charge is -2.12. The summed E-state index contributed by atoms with van der Waals surface area (Å²) < 4.78 is 0. The second-order valence-electron chi connectivity index (χ2n) is 5.92. The number of anilines is 1. The first-order valence-corrected chi connectivity index (χ1v) is 8.52. The third-order valence-corrected chi connectivity index (χ3v) is 4.08. The first-order chi connectivity index (χ1) is 12.0. The number of hydrogen-bond donors (Lipinski definition) is 2. The van der Waals surface area contributed by atoms with E-state index in [0.29, 0.717) is 18.5 Å². The summed E-state index contributed by atoms with van der Waals surface area (Å²) in [5.74, 6) is -0.238. The highest BCUT2D eigenvalue weighted by Gasteiger charge is 2.12. The minimum Gasteiger partial charge on any atom is -0.348 e. The van der Waals surface area contributed by atoms with Crippen molar-refractivity contribution in [3.63, 3.8) is 0 Å². The fraction of sp³-hybridized carbons (Fsp3) is 0.368. The molecule has 1 aromatic carbocycles. The SMILES string of the molecule is CCc1ncncc1C(=O)NCc1cccc(NC(=O)C(C)CC)c1. The Bertz CT molecular complexity index is 746. The minimum atomic E-state index is -0.202. The van der Waals surface area contributed by atoms with Crippen molar-refractivity contribution < 1.29 is 9.59 Å². The number of rotatable bonds is 7. The smallest absolute Gasteiger partial charge is 0.254 e. The average Bonchev–Trinajstić information content (AvgIpc) is 2.65. The van der Waals surface area contributed by atoms with Crippen LogP contribution < -0.4 is 10.6 Å². The normalized spacial score (nSPS) is 11.6. The molecule has 1 heterocycles. The molecular weight excluding hydrogens is 316 g/mol. The number of nitrogens with one attached hydrogen (secondary N) is 2. The first kappa shape index (κ1) is 18.6. The second-order valence-corrected chi connectivity index (χ2v) is 5.92. The van der Waals surface area contributed by atoms with E-state index in [9.17, 15) is 9.59 Å². The molecule has 0 fully saturated rings. The molecule has 6 heteroatoms. The molecule has 2 N–H and O–H groups in total. The Balaban J connectivity index is 2.00. The Morgan fingerprint density at radius 3 is 2.76 bits per heavy atom. The molecule has 6 nitrogen and oxygen atoms in total. The van der Waals surface area contributed by atoms with Crippen molar-refractivity contribution >= 4 is 17.5 Å². The quantitative estimate of drug-likeness (QED) is 0.811. The van der Waals surface area contributed by atoms with Gasteiger partial charge in [0.05, 0.1) is 11.3 Å². The predicted molar refractivity (Wildman–Crippen MR) is 97.1 cm³/mol. The third-order valence-electron chi connectivity index (χ3n) is 4.08. The largest absolute Gasteiger partial charge is 0.348 e. The minimum absolute atomic E-state index is 0.00212. The van der Waals surface area contributed by atoms with Crippen LogP contribution in [0.3, 0.4) is 0 Å². The van der Waals surface area contributed by atoms with Crippen LogP contribution in [0.25, 0.3) is 0 Å². The van der Waals surface area contributed by atoms with Gasteiger partial charge in [0, 0.05) is 24.3 Å². The van der Waals surface area contributed by atoms with Gasteiger partial charge < -0.3 is 10.6 Å². The summed E-state index contributed by atoms with van der Waals surface area (Å²) in [6, 6.07) is 7.47. The van der Waals surface area contributed by atoms with Gasteiger partial charge in [0.25, 0.3) is 5.91 Å². The fourth-order valence-corrected chi connectivity index (χ4v) is 2.31. The summed E-state index contributed by atoms with van der Waals surface area (Å²) in [5.41, 5.74) is 2.85. The highest BCUT2D eigenvalue weighted by molar-refractivity contribution is 5.95. The Kier molecular flexibility index (Phi) is 6.62. The summed E-state index contributed by atoms with van der Waals surface area (Å²) in [5, 5.41) is 5.77. The Morgan fingerprint density at radius 2 is 2.04 bits per heavy atom. The molecule has 1 atom stereocenters. The molecule has 25 heavy (non-hydrogen) atoms. The van der Waals surface area contributed by atoms with Crippen molar-refractivity contribution in [2.75, 3.05) is 5.32 Å². The number of amides is 2. The molecular formula is C19H24N4O2. The molecule has 0 saturated heterocycles. The van der Waals surface area contributed by atoms with Gasteiger partial charge in [0.2, 0.25) is 5.91 Å². The molecule has 1 unspecified atom stereocenters. The molecule has 0 aliphatic heterocycles. The van der Waals surface area contributed by atoms with Crippen LogP contribution >= 0.6 is 0 Å². The van der Waals surface area contributed by atoms with Gasteiger partial charge in [-0.1, -0.05) is 32.9 Å². The van der Waals surface area contributed by atoms with E-state index in [1.807, 2.05) is 45.0 Å². The lowest BCUT2D eigenvalue weighted by molar-refractivity contribution is -0.119. The van der Waals surface area contributed by atoms with Crippen LogP contribution in [0.15, 0.2) is 36.8 Å². The molecule has 0 radical (unpaired) electrons. The van der Waals surface area contributed by atoms with Crippen LogP contribution in [0.2, 0.25) is 0 Å². The van der Waals surface area contributed by atoms with Crippen molar-refractivity contribution in [2.24, 2.45) is 5.92 Å². The van der Waals surface area contributed by atoms with Gasteiger partial charge in [-0.3, -0.25) is 9.59 Å². The highest BCUT2D eigenvalue weighted by atomic mass is 16.2. The van der Waals surface area contributed by atoms with Crippen molar-refractivity contribution in [2.45, 2.75) is 40.2 Å². The number of benzene rings is 1. The molecule has 2 rings (SSSR count). The Labute approximate surface area is 148 Å². The maximum Gasteiger partial charge on any atom is 0.254 e. The number of nitrogens with zero attached hydrogens (tertiary/aromatic N) is 2. The number of carbonyl (C=O) groups is 2. The van der Waals surface area contributed by atoms with Crippen LogP contribution in [-0.2, 0) is 17.8 Å². The molecule has 2 amide bonds. The number of carbonyl (C=O) groups excluding carboxylic acids is 2. The highest BCUT2D eigenvalue weighted by Crippen LogP contribution is 2.13. The summed E-state index contributed by atoms with van der Waals surface area (Å²) in [6.45, 7) is 6.19. The van der Waals surface area contributed by atoms with Crippen LogP contribution in [-0.4, -0.2) is 21.8 Å². The molecule has 2 aromatic rings. The zero-order chi connectivity index (χ0) is 18.2. The molecule has 0 bridgehead atoms. The molecule has 1 aromatic heterocycles. The number of aryl methyl sites for hydroxylation is 1. The van der Waals surface area contributed by atoms with E-state index in [-0.39, 0.29) is 17.7 Å². The zero-order valence-electron chi connectivity index (χ0n) is 14.9. The van der Waals surface area contributed by atoms with Crippen LogP contribution in [0.4, 0.5) is 5.69 Å². The van der Waals surface area contributed by atoms with Crippen molar-refractivity contribution in [1.82, 2.24) is 15.3 Å². The van der Waals surface area contributed by atoms with Gasteiger partial charge in [-0.05, 0) is 30.5 Å². The van der Waals surface area contributed by atoms with Gasteiger partial charge in [0.15, 0.2) is 0 Å². The molecule has 0 saturated carbocycles. The standard InChI is InChI=1S/C19H24N4O2/c1-4-13(3)18(24)23-15-8-6-7-14(9-15)10-21-19(25)16-11-20-12-22-17(16)5-2/h6-9,11-13H,4-5,10H2,1-3H3,(H,21,25)(H,23,24). The molecule has 0 aliphatic rings. The summed E-state index contributed by atoms with van der Waals surface area (Å²) in [6.07, 6.45) is 4.44. The Morgan fingerprint density at radius 1 is 1.24 bits per heavy atom. The van der Waals surface area contributed by atoms with E-state index in [1.165, 1.54) is 12.5 Å². The van der Waals surface area contributed by atoms with Gasteiger partial charge in [-0.25, -0.2) is 9.97 Å². The van der Waals surface area contributed by atoms with E-state index in [2.05, 4.69) is 20.6 Å². The predicted octanol–water partition coefficient (Wildman–Crippen LogP) is 2.95. The maximum atomic E-state index is 12.3. The molecule has 132 valence electrons. The monoisotopic (exact) mass is 340 g/mol. The Hall–Kier alpha value is -2.76. The molecule has 0 spiro atoms. The van der Waals surface area contributed by atoms with E-state index in [1.54, 1.807) is 0 Å². The lowest BCUT2D eigenvalue weighted by atomic mass is 10.1. The fourth-order valence-electron chi connectivity index (χ4n) is 2.31. The average molecular weight is 340 g/mol. The van der Waals surface area contributed by atoms with Gasteiger partial charge in [0.1, 0.15) is 6.33 Å². The third kappa shape index (κ3) is 5.11. The summed E-state index contributed by atoms with van der Waals surface area (Å²) in [7, 11) is 0. The lowest BCUT2D eigenvalue weighted by Crippen LogP contribution is -2.25. The van der Waals surface area contributed by atoms with Gasteiger partial charge in [-0.2, -0.15) is 0 Å². The summed E-state index contributed by atoms with van der Waals surface area (Å²) >= 11 is 0. The van der Waals surface area contributed by atoms with Gasteiger partial charge >= 0.3 is 0 Å². The number of hydrogen-bond acceptors (Lipinski definition) is 4. The van der Waals surface area contributed by atoms with E-state index in [0.717, 1.165) is 23.4 Å².